The van der Waals surface area contributed by atoms with Gasteiger partial charge < -0.3 is 4.74 Å². The third-order valence-corrected chi connectivity index (χ3v) is 2.32. The van der Waals surface area contributed by atoms with Gasteiger partial charge >= 0.3 is 0 Å². The van der Waals surface area contributed by atoms with Crippen molar-refractivity contribution in [2.75, 3.05) is 7.11 Å². The number of aldehydes is 1. The van der Waals surface area contributed by atoms with Gasteiger partial charge in [0.05, 0.1) is 5.60 Å². The maximum absolute atomic E-state index is 10.1. The zero-order chi connectivity index (χ0) is 10.2. The number of unbranched alkanes of at least 4 members (excludes halogenated alkanes) is 1. The molecule has 0 N–H and O–H groups in total. The number of allylic oxidation sites excluding steroid dienone is 1. The van der Waals surface area contributed by atoms with Crippen LogP contribution in [0.25, 0.3) is 0 Å². The molecule has 1 atom stereocenters. The molecule has 1 unspecified atom stereocenters. The fourth-order valence-electron chi connectivity index (χ4n) is 1.21. The highest BCUT2D eigenvalue weighted by molar-refractivity contribution is 5.64. The first-order valence-electron chi connectivity index (χ1n) is 4.84. The van der Waals surface area contributed by atoms with Gasteiger partial charge in [-0.2, -0.15) is 0 Å². The number of rotatable bonds is 7. The molecule has 0 aliphatic carbocycles. The van der Waals surface area contributed by atoms with Crippen LogP contribution in [0, 0.1) is 0 Å². The van der Waals surface area contributed by atoms with Gasteiger partial charge in [0.1, 0.15) is 6.29 Å². The Balaban J connectivity index is 3.94. The van der Waals surface area contributed by atoms with E-state index < -0.39 is 0 Å². The fourth-order valence-corrected chi connectivity index (χ4v) is 1.21. The molecule has 0 heterocycles. The Kier molecular flexibility index (Phi) is 6.51. The van der Waals surface area contributed by atoms with Crippen LogP contribution in [0.15, 0.2) is 12.2 Å². The molecule has 0 saturated carbocycles. The van der Waals surface area contributed by atoms with Crippen molar-refractivity contribution in [3.63, 3.8) is 0 Å². The molecule has 0 bridgehead atoms. The quantitative estimate of drug-likeness (QED) is 0.449. The van der Waals surface area contributed by atoms with Crippen LogP contribution in [-0.2, 0) is 9.53 Å². The van der Waals surface area contributed by atoms with Gasteiger partial charge in [0.25, 0.3) is 0 Å². The predicted molar refractivity (Wildman–Crippen MR) is 54.8 cm³/mol. The lowest BCUT2D eigenvalue weighted by molar-refractivity contribution is -0.104. The van der Waals surface area contributed by atoms with Crippen LogP contribution < -0.4 is 0 Å². The molecular weight excluding hydrogens is 164 g/mol. The van der Waals surface area contributed by atoms with Gasteiger partial charge in [0.15, 0.2) is 0 Å². The number of carbonyl (C=O) groups excluding carboxylic acids is 1. The van der Waals surface area contributed by atoms with Crippen molar-refractivity contribution < 1.29 is 9.53 Å². The van der Waals surface area contributed by atoms with Crippen LogP contribution in [-0.4, -0.2) is 19.0 Å². The first-order chi connectivity index (χ1) is 6.18. The smallest absolute Gasteiger partial charge is 0.142 e. The van der Waals surface area contributed by atoms with E-state index in [0.717, 1.165) is 19.1 Å². The van der Waals surface area contributed by atoms with Crippen LogP contribution in [0.5, 0.6) is 0 Å². The highest BCUT2D eigenvalue weighted by atomic mass is 16.5. The molecular formula is C11H20O2. The van der Waals surface area contributed by atoms with E-state index in [-0.39, 0.29) is 5.60 Å². The minimum absolute atomic E-state index is 0.102. The van der Waals surface area contributed by atoms with E-state index in [1.807, 2.05) is 6.08 Å². The van der Waals surface area contributed by atoms with Crippen molar-refractivity contribution in [1.82, 2.24) is 0 Å². The molecule has 0 rings (SSSR count). The number of methoxy groups -OCH3 is 1. The second-order valence-electron chi connectivity index (χ2n) is 3.53. The van der Waals surface area contributed by atoms with Crippen molar-refractivity contribution in [3.05, 3.63) is 12.2 Å². The Labute approximate surface area is 81.0 Å². The van der Waals surface area contributed by atoms with Crippen LogP contribution in [0.3, 0.4) is 0 Å². The summed E-state index contributed by atoms with van der Waals surface area (Å²) >= 11 is 0. The Morgan fingerprint density at radius 3 is 2.62 bits per heavy atom. The monoisotopic (exact) mass is 184 g/mol. The minimum atomic E-state index is -0.102. The third kappa shape index (κ3) is 5.58. The van der Waals surface area contributed by atoms with Gasteiger partial charge in [-0.05, 0) is 25.8 Å². The number of ether oxygens (including phenoxy) is 1. The van der Waals surface area contributed by atoms with Crippen LogP contribution in [0.2, 0.25) is 0 Å². The van der Waals surface area contributed by atoms with Gasteiger partial charge in [-0.15, -0.1) is 0 Å². The Morgan fingerprint density at radius 1 is 1.46 bits per heavy atom. The summed E-state index contributed by atoms with van der Waals surface area (Å²) in [4.78, 5) is 10.1. The molecule has 0 fully saturated rings. The van der Waals surface area contributed by atoms with E-state index in [2.05, 4.69) is 13.8 Å². The average molecular weight is 184 g/mol. The summed E-state index contributed by atoms with van der Waals surface area (Å²) in [5.74, 6) is 0. The van der Waals surface area contributed by atoms with Crippen LogP contribution in [0.1, 0.15) is 39.5 Å². The summed E-state index contributed by atoms with van der Waals surface area (Å²) in [5, 5.41) is 0. The molecule has 2 nitrogen and oxygen atoms in total. The molecule has 76 valence electrons. The zero-order valence-corrected chi connectivity index (χ0v) is 8.88. The molecule has 0 saturated heterocycles. The predicted octanol–water partition coefficient (Wildman–Crippen LogP) is 2.73. The highest BCUT2D eigenvalue weighted by Gasteiger charge is 2.20. The maximum Gasteiger partial charge on any atom is 0.142 e. The third-order valence-electron chi connectivity index (χ3n) is 2.32. The maximum atomic E-state index is 10.1. The first-order valence-corrected chi connectivity index (χ1v) is 4.84. The molecule has 0 aliphatic rings. The average Bonchev–Trinajstić information content (AvgIpc) is 2.15. The van der Waals surface area contributed by atoms with Gasteiger partial charge in [-0.1, -0.05) is 25.8 Å². The first kappa shape index (κ1) is 12.4. The lowest BCUT2D eigenvalue weighted by Gasteiger charge is -2.26. The van der Waals surface area contributed by atoms with E-state index >= 15 is 0 Å². The summed E-state index contributed by atoms with van der Waals surface area (Å²) in [5.41, 5.74) is -0.102. The summed E-state index contributed by atoms with van der Waals surface area (Å²) in [7, 11) is 1.73. The summed E-state index contributed by atoms with van der Waals surface area (Å²) in [6, 6.07) is 0. The molecule has 0 spiro atoms. The molecule has 2 heteroatoms. The molecule has 0 aliphatic heterocycles. The van der Waals surface area contributed by atoms with Crippen LogP contribution in [0.4, 0.5) is 0 Å². The van der Waals surface area contributed by atoms with E-state index in [4.69, 9.17) is 4.74 Å². The summed E-state index contributed by atoms with van der Waals surface area (Å²) in [6.45, 7) is 4.25. The van der Waals surface area contributed by atoms with Crippen molar-refractivity contribution >= 4 is 6.29 Å². The number of hydrogen-bond acceptors (Lipinski definition) is 2. The Bertz CT molecular complexity index is 163. The topological polar surface area (TPSA) is 26.3 Å². The molecule has 0 radical (unpaired) electrons. The van der Waals surface area contributed by atoms with Gasteiger partial charge in [-0.3, -0.25) is 4.79 Å². The standard InChI is InChI=1S/C11H20O2/c1-4-5-8-11(2,13-3)9-6-7-10-12/h6-7,10H,4-5,8-9H2,1-3H3/b7-6+. The minimum Gasteiger partial charge on any atom is -0.378 e. The summed E-state index contributed by atoms with van der Waals surface area (Å²) in [6.07, 6.45) is 8.40. The fraction of sp³-hybridized carbons (Fsp3) is 0.727. The molecule has 0 amide bonds. The number of hydrogen-bond donors (Lipinski definition) is 0. The van der Waals surface area contributed by atoms with Crippen molar-refractivity contribution in [2.24, 2.45) is 0 Å². The van der Waals surface area contributed by atoms with E-state index in [0.29, 0.717) is 0 Å². The van der Waals surface area contributed by atoms with Crippen molar-refractivity contribution in [2.45, 2.75) is 45.1 Å². The molecule has 0 aromatic heterocycles. The SMILES string of the molecule is CCCCC(C)(C/C=C/C=O)OC. The largest absolute Gasteiger partial charge is 0.378 e. The van der Waals surface area contributed by atoms with Crippen LogP contribution >= 0.6 is 0 Å². The lowest BCUT2D eigenvalue weighted by atomic mass is 9.95. The Morgan fingerprint density at radius 2 is 2.15 bits per heavy atom. The second-order valence-corrected chi connectivity index (χ2v) is 3.53. The molecule has 0 aromatic carbocycles. The number of carbonyl (C=O) groups is 1. The van der Waals surface area contributed by atoms with Gasteiger partial charge in [0.2, 0.25) is 0 Å². The summed E-state index contributed by atoms with van der Waals surface area (Å²) < 4.78 is 5.42. The lowest BCUT2D eigenvalue weighted by Crippen LogP contribution is -2.26. The van der Waals surface area contributed by atoms with E-state index in [1.165, 1.54) is 18.9 Å². The molecule has 0 aromatic rings. The highest BCUT2D eigenvalue weighted by Crippen LogP contribution is 2.22. The zero-order valence-electron chi connectivity index (χ0n) is 8.88. The van der Waals surface area contributed by atoms with Gasteiger partial charge in [-0.25, -0.2) is 0 Å². The van der Waals surface area contributed by atoms with E-state index in [9.17, 15) is 4.79 Å². The van der Waals surface area contributed by atoms with Gasteiger partial charge in [0, 0.05) is 7.11 Å². The Hall–Kier alpha value is -0.630. The normalized spacial score (nSPS) is 15.9. The van der Waals surface area contributed by atoms with E-state index in [1.54, 1.807) is 7.11 Å². The second kappa shape index (κ2) is 6.84. The molecule has 13 heavy (non-hydrogen) atoms. The van der Waals surface area contributed by atoms with Crippen molar-refractivity contribution in [1.29, 1.82) is 0 Å². The van der Waals surface area contributed by atoms with Crippen molar-refractivity contribution in [3.8, 4) is 0 Å².